The zero-order valence-corrected chi connectivity index (χ0v) is 9.93. The van der Waals surface area contributed by atoms with Gasteiger partial charge in [-0.25, -0.2) is 4.68 Å². The van der Waals surface area contributed by atoms with E-state index in [2.05, 4.69) is 46.8 Å². The van der Waals surface area contributed by atoms with E-state index < -0.39 is 0 Å². The molecular weight excluding hydrogens is 212 g/mol. The summed E-state index contributed by atoms with van der Waals surface area (Å²) in [5.41, 5.74) is 3.56. The Labute approximate surface area is 101 Å². The highest BCUT2D eigenvalue weighted by Gasteiger charge is 2.21. The van der Waals surface area contributed by atoms with E-state index >= 15 is 0 Å². The largest absolute Gasteiger partial charge is 0.316 e. The summed E-state index contributed by atoms with van der Waals surface area (Å²) < 4.78 is 1.96. The maximum atomic E-state index is 4.20. The summed E-state index contributed by atoms with van der Waals surface area (Å²) in [7, 11) is 0. The minimum atomic E-state index is 0.534. The molecular formula is C13H16N4. The van der Waals surface area contributed by atoms with Crippen LogP contribution in [0.2, 0.25) is 0 Å². The fourth-order valence-corrected chi connectivity index (χ4v) is 2.32. The summed E-state index contributed by atoms with van der Waals surface area (Å²) in [4.78, 5) is 0. The summed E-state index contributed by atoms with van der Waals surface area (Å²) in [6.45, 7) is 4.20. The maximum absolute atomic E-state index is 4.20. The molecule has 4 heteroatoms. The van der Waals surface area contributed by atoms with E-state index in [9.17, 15) is 0 Å². The van der Waals surface area contributed by atoms with Crippen LogP contribution in [0.1, 0.15) is 23.6 Å². The molecule has 0 bridgehead atoms. The van der Waals surface area contributed by atoms with Crippen molar-refractivity contribution in [2.45, 2.75) is 19.3 Å². The van der Waals surface area contributed by atoms with Gasteiger partial charge in [-0.15, -0.1) is 5.10 Å². The van der Waals surface area contributed by atoms with Gasteiger partial charge in [0.2, 0.25) is 0 Å². The summed E-state index contributed by atoms with van der Waals surface area (Å²) in [5, 5.41) is 11.6. The van der Waals surface area contributed by atoms with Crippen LogP contribution in [-0.2, 0) is 0 Å². The fraction of sp³-hybridized carbons (Fsp3) is 0.385. The number of hydrogen-bond acceptors (Lipinski definition) is 3. The average Bonchev–Trinajstić information content (AvgIpc) is 3.00. The number of aromatic nitrogens is 3. The summed E-state index contributed by atoms with van der Waals surface area (Å²) in [6, 6.07) is 8.40. The van der Waals surface area contributed by atoms with Crippen molar-refractivity contribution in [3.63, 3.8) is 0 Å². The van der Waals surface area contributed by atoms with Crippen LogP contribution >= 0.6 is 0 Å². The van der Waals surface area contributed by atoms with E-state index in [4.69, 9.17) is 0 Å². The van der Waals surface area contributed by atoms with Gasteiger partial charge in [0, 0.05) is 12.5 Å². The molecule has 2 aromatic rings. The predicted molar refractivity (Wildman–Crippen MR) is 66.3 cm³/mol. The van der Waals surface area contributed by atoms with Gasteiger partial charge in [-0.3, -0.25) is 0 Å². The first-order valence-electron chi connectivity index (χ1n) is 6.03. The molecule has 1 N–H and O–H groups in total. The van der Waals surface area contributed by atoms with E-state index in [-0.39, 0.29) is 0 Å². The molecule has 17 heavy (non-hydrogen) atoms. The highest BCUT2D eigenvalue weighted by Crippen LogP contribution is 2.23. The maximum Gasteiger partial charge on any atom is 0.0733 e. The van der Waals surface area contributed by atoms with Gasteiger partial charge >= 0.3 is 0 Å². The Morgan fingerprint density at radius 1 is 1.29 bits per heavy atom. The molecule has 3 rings (SSSR count). The second-order valence-electron chi connectivity index (χ2n) is 4.60. The SMILES string of the molecule is Cc1ccc(-n2nncc2C2CCNC2)cc1. The summed E-state index contributed by atoms with van der Waals surface area (Å²) in [5.74, 6) is 0.534. The van der Waals surface area contributed by atoms with E-state index in [1.807, 2.05) is 10.9 Å². The lowest BCUT2D eigenvalue weighted by Gasteiger charge is -2.10. The smallest absolute Gasteiger partial charge is 0.0733 e. The Morgan fingerprint density at radius 3 is 2.82 bits per heavy atom. The van der Waals surface area contributed by atoms with Crippen LogP contribution in [0, 0.1) is 6.92 Å². The molecule has 4 nitrogen and oxygen atoms in total. The van der Waals surface area contributed by atoms with Crippen molar-refractivity contribution in [1.29, 1.82) is 0 Å². The van der Waals surface area contributed by atoms with Gasteiger partial charge in [-0.2, -0.15) is 0 Å². The molecule has 1 atom stereocenters. The van der Waals surface area contributed by atoms with Gasteiger partial charge in [-0.05, 0) is 32.0 Å². The topological polar surface area (TPSA) is 42.7 Å². The van der Waals surface area contributed by atoms with Crippen LogP contribution in [0.15, 0.2) is 30.5 Å². The van der Waals surface area contributed by atoms with Gasteiger partial charge in [0.15, 0.2) is 0 Å². The minimum absolute atomic E-state index is 0.534. The van der Waals surface area contributed by atoms with Gasteiger partial charge in [-0.1, -0.05) is 22.9 Å². The Bertz CT molecular complexity index is 494. The van der Waals surface area contributed by atoms with Gasteiger partial charge in [0.05, 0.1) is 17.6 Å². The van der Waals surface area contributed by atoms with Crippen LogP contribution in [0.5, 0.6) is 0 Å². The second-order valence-corrected chi connectivity index (χ2v) is 4.60. The molecule has 88 valence electrons. The zero-order valence-electron chi connectivity index (χ0n) is 9.93. The van der Waals surface area contributed by atoms with E-state index in [1.165, 1.54) is 17.7 Å². The molecule has 0 saturated carbocycles. The van der Waals surface area contributed by atoms with Crippen LogP contribution in [0.25, 0.3) is 5.69 Å². The van der Waals surface area contributed by atoms with Crippen molar-refractivity contribution in [3.8, 4) is 5.69 Å². The standard InChI is InChI=1S/C13H16N4/c1-10-2-4-12(5-3-10)17-13(9-15-16-17)11-6-7-14-8-11/h2-5,9,11,14H,6-8H2,1H3. The van der Waals surface area contributed by atoms with Crippen molar-refractivity contribution in [2.24, 2.45) is 0 Å². The Kier molecular flexibility index (Phi) is 2.65. The molecule has 1 fully saturated rings. The third-order valence-electron chi connectivity index (χ3n) is 3.33. The van der Waals surface area contributed by atoms with Crippen molar-refractivity contribution < 1.29 is 0 Å². The number of benzene rings is 1. The van der Waals surface area contributed by atoms with E-state index in [0.29, 0.717) is 5.92 Å². The Balaban J connectivity index is 1.97. The van der Waals surface area contributed by atoms with Crippen LogP contribution in [-0.4, -0.2) is 28.1 Å². The molecule has 1 aromatic carbocycles. The second kappa shape index (κ2) is 4.30. The monoisotopic (exact) mass is 228 g/mol. The quantitative estimate of drug-likeness (QED) is 0.850. The molecule has 0 radical (unpaired) electrons. The molecule has 1 aliphatic heterocycles. The molecule has 2 heterocycles. The average molecular weight is 228 g/mol. The van der Waals surface area contributed by atoms with Gasteiger partial charge < -0.3 is 5.32 Å². The first kappa shape index (κ1) is 10.5. The van der Waals surface area contributed by atoms with Crippen molar-refractivity contribution in [3.05, 3.63) is 41.7 Å². The number of nitrogens with one attached hydrogen (secondary N) is 1. The first-order chi connectivity index (χ1) is 8.34. The molecule has 1 aliphatic rings. The molecule has 0 spiro atoms. The van der Waals surface area contributed by atoms with E-state index in [1.54, 1.807) is 0 Å². The predicted octanol–water partition coefficient (Wildman–Crippen LogP) is 1.65. The Hall–Kier alpha value is -1.68. The number of hydrogen-bond donors (Lipinski definition) is 1. The molecule has 0 aliphatic carbocycles. The molecule has 1 aromatic heterocycles. The van der Waals surface area contributed by atoms with Crippen molar-refractivity contribution in [2.75, 3.05) is 13.1 Å². The lowest BCUT2D eigenvalue weighted by atomic mass is 10.1. The highest BCUT2D eigenvalue weighted by molar-refractivity contribution is 5.35. The van der Waals surface area contributed by atoms with Crippen LogP contribution < -0.4 is 5.32 Å². The van der Waals surface area contributed by atoms with Crippen molar-refractivity contribution in [1.82, 2.24) is 20.3 Å². The lowest BCUT2D eigenvalue weighted by Crippen LogP contribution is -2.11. The fourth-order valence-electron chi connectivity index (χ4n) is 2.32. The number of rotatable bonds is 2. The van der Waals surface area contributed by atoms with Gasteiger partial charge in [0.1, 0.15) is 0 Å². The third-order valence-corrected chi connectivity index (χ3v) is 3.33. The highest BCUT2D eigenvalue weighted by atomic mass is 15.4. The summed E-state index contributed by atoms with van der Waals surface area (Å²) >= 11 is 0. The van der Waals surface area contributed by atoms with E-state index in [0.717, 1.165) is 18.8 Å². The Morgan fingerprint density at radius 2 is 2.12 bits per heavy atom. The normalized spacial score (nSPS) is 19.7. The van der Waals surface area contributed by atoms with Crippen LogP contribution in [0.4, 0.5) is 0 Å². The zero-order chi connectivity index (χ0) is 11.7. The summed E-state index contributed by atoms with van der Waals surface area (Å²) in [6.07, 6.45) is 3.05. The minimum Gasteiger partial charge on any atom is -0.316 e. The molecule has 1 unspecified atom stereocenters. The lowest BCUT2D eigenvalue weighted by molar-refractivity contribution is 0.674. The van der Waals surface area contributed by atoms with Gasteiger partial charge in [0.25, 0.3) is 0 Å². The first-order valence-corrected chi connectivity index (χ1v) is 6.03. The number of aryl methyl sites for hydroxylation is 1. The van der Waals surface area contributed by atoms with Crippen molar-refractivity contribution >= 4 is 0 Å². The number of nitrogens with zero attached hydrogens (tertiary/aromatic N) is 3. The molecule has 0 amide bonds. The molecule has 1 saturated heterocycles. The van der Waals surface area contributed by atoms with Crippen LogP contribution in [0.3, 0.4) is 0 Å². The third kappa shape index (κ3) is 1.96.